The molecule has 1 amide bonds. The number of ether oxygens (including phenoxy) is 1. The van der Waals surface area contributed by atoms with Crippen molar-refractivity contribution in [2.45, 2.75) is 37.4 Å². The molecule has 2 saturated heterocycles. The average molecular weight is 250 g/mol. The first-order chi connectivity index (χ1) is 8.72. The van der Waals surface area contributed by atoms with Crippen LogP contribution in [0.2, 0.25) is 0 Å². The zero-order valence-corrected chi connectivity index (χ0v) is 10.5. The molecule has 4 atom stereocenters. The summed E-state index contributed by atoms with van der Waals surface area (Å²) >= 11 is 0. The third kappa shape index (κ3) is 1.65. The van der Waals surface area contributed by atoms with Crippen LogP contribution in [0.15, 0.2) is 12.2 Å². The fourth-order valence-corrected chi connectivity index (χ4v) is 3.34. The van der Waals surface area contributed by atoms with Gasteiger partial charge in [-0.2, -0.15) is 0 Å². The minimum Gasteiger partial charge on any atom is -0.467 e. The lowest BCUT2D eigenvalue weighted by atomic mass is 9.99. The lowest BCUT2D eigenvalue weighted by molar-refractivity contribution is -0.152. The second-order valence-electron chi connectivity index (χ2n) is 5.20. The molecular formula is C13H18N2O3. The summed E-state index contributed by atoms with van der Waals surface area (Å²) in [5, 5.41) is 3.24. The van der Waals surface area contributed by atoms with Crippen molar-refractivity contribution in [1.29, 1.82) is 0 Å². The van der Waals surface area contributed by atoms with Crippen molar-refractivity contribution < 1.29 is 14.3 Å². The van der Waals surface area contributed by atoms with E-state index in [1.54, 1.807) is 4.90 Å². The number of esters is 1. The first-order valence-electron chi connectivity index (χ1n) is 6.54. The molecule has 3 aliphatic heterocycles. The highest BCUT2D eigenvalue weighted by Crippen LogP contribution is 2.32. The van der Waals surface area contributed by atoms with E-state index in [1.165, 1.54) is 7.11 Å². The maximum atomic E-state index is 12.6. The van der Waals surface area contributed by atoms with Gasteiger partial charge in [-0.15, -0.1) is 0 Å². The molecule has 0 radical (unpaired) electrons. The van der Waals surface area contributed by atoms with Crippen molar-refractivity contribution in [3.05, 3.63) is 12.2 Å². The lowest BCUT2D eigenvalue weighted by Crippen LogP contribution is -2.51. The molecule has 3 rings (SSSR count). The van der Waals surface area contributed by atoms with E-state index in [9.17, 15) is 9.59 Å². The highest BCUT2D eigenvalue weighted by atomic mass is 16.5. The third-order valence-corrected chi connectivity index (χ3v) is 4.27. The van der Waals surface area contributed by atoms with Crippen LogP contribution in [-0.4, -0.2) is 48.6 Å². The van der Waals surface area contributed by atoms with Crippen LogP contribution in [0, 0.1) is 5.92 Å². The molecule has 3 heterocycles. The Bertz CT molecular complexity index is 407. The number of amides is 1. The molecular weight excluding hydrogens is 232 g/mol. The topological polar surface area (TPSA) is 58.6 Å². The largest absolute Gasteiger partial charge is 0.467 e. The molecule has 3 aliphatic rings. The molecule has 0 spiro atoms. The minimum atomic E-state index is -0.404. The number of hydrogen-bond donors (Lipinski definition) is 1. The SMILES string of the molecule is COC(=O)C1CCC2C=CC3CCNC3C(=O)N21. The molecule has 0 aromatic heterocycles. The molecule has 4 unspecified atom stereocenters. The molecule has 0 bridgehead atoms. The predicted octanol–water partition coefficient (Wildman–Crippen LogP) is 0.0669. The van der Waals surface area contributed by atoms with Gasteiger partial charge in [-0.3, -0.25) is 4.79 Å². The van der Waals surface area contributed by atoms with Crippen molar-refractivity contribution in [1.82, 2.24) is 10.2 Å². The molecule has 2 fully saturated rings. The Morgan fingerprint density at radius 2 is 2.22 bits per heavy atom. The van der Waals surface area contributed by atoms with E-state index in [0.717, 1.165) is 19.4 Å². The van der Waals surface area contributed by atoms with Crippen LogP contribution >= 0.6 is 0 Å². The molecule has 98 valence electrons. The third-order valence-electron chi connectivity index (χ3n) is 4.27. The number of hydrogen-bond acceptors (Lipinski definition) is 4. The Morgan fingerprint density at radius 3 is 3.00 bits per heavy atom. The second kappa shape index (κ2) is 4.39. The Kier molecular flexibility index (Phi) is 2.86. The highest BCUT2D eigenvalue weighted by molar-refractivity contribution is 5.89. The summed E-state index contributed by atoms with van der Waals surface area (Å²) in [5.41, 5.74) is 0. The van der Waals surface area contributed by atoms with Gasteiger partial charge in [-0.25, -0.2) is 4.79 Å². The van der Waals surface area contributed by atoms with Crippen LogP contribution in [0.25, 0.3) is 0 Å². The molecule has 5 heteroatoms. The summed E-state index contributed by atoms with van der Waals surface area (Å²) < 4.78 is 4.81. The maximum absolute atomic E-state index is 12.6. The van der Waals surface area contributed by atoms with Gasteiger partial charge in [0.25, 0.3) is 0 Å². The number of methoxy groups -OCH3 is 1. The first-order valence-corrected chi connectivity index (χ1v) is 6.54. The second-order valence-corrected chi connectivity index (χ2v) is 5.20. The molecule has 1 N–H and O–H groups in total. The van der Waals surface area contributed by atoms with E-state index in [1.807, 2.05) is 0 Å². The van der Waals surface area contributed by atoms with Crippen molar-refractivity contribution in [3.8, 4) is 0 Å². The fourth-order valence-electron chi connectivity index (χ4n) is 3.34. The van der Waals surface area contributed by atoms with Gasteiger partial charge in [0.15, 0.2) is 0 Å². The first kappa shape index (κ1) is 11.7. The highest BCUT2D eigenvalue weighted by Gasteiger charge is 2.46. The van der Waals surface area contributed by atoms with Crippen LogP contribution in [0.4, 0.5) is 0 Å². The summed E-state index contributed by atoms with van der Waals surface area (Å²) in [6.07, 6.45) is 6.79. The van der Waals surface area contributed by atoms with Crippen molar-refractivity contribution in [2.24, 2.45) is 5.92 Å². The number of nitrogens with one attached hydrogen (secondary N) is 1. The number of fused-ring (bicyclic) bond motifs is 2. The molecule has 18 heavy (non-hydrogen) atoms. The zero-order valence-electron chi connectivity index (χ0n) is 10.5. The summed E-state index contributed by atoms with van der Waals surface area (Å²) in [7, 11) is 1.38. The Morgan fingerprint density at radius 1 is 1.39 bits per heavy atom. The quantitative estimate of drug-likeness (QED) is 0.528. The van der Waals surface area contributed by atoms with Crippen LogP contribution < -0.4 is 5.32 Å². The summed E-state index contributed by atoms with van der Waals surface area (Å²) in [4.78, 5) is 26.0. The number of nitrogens with zero attached hydrogens (tertiary/aromatic N) is 1. The summed E-state index contributed by atoms with van der Waals surface area (Å²) in [6.45, 7) is 0.868. The molecule has 5 nitrogen and oxygen atoms in total. The predicted molar refractivity (Wildman–Crippen MR) is 64.7 cm³/mol. The molecule has 0 aromatic rings. The standard InChI is InChI=1S/C13H18N2O3/c1-18-13(17)10-5-4-9-3-2-8-6-7-14-11(8)12(16)15(9)10/h2-3,8-11,14H,4-7H2,1H3. The van der Waals surface area contributed by atoms with E-state index in [-0.39, 0.29) is 29.9 Å². The van der Waals surface area contributed by atoms with Crippen LogP contribution in [0.1, 0.15) is 19.3 Å². The number of carbonyl (C=O) groups excluding carboxylic acids is 2. The minimum absolute atomic E-state index is 0.0559. The van der Waals surface area contributed by atoms with Gasteiger partial charge in [-0.1, -0.05) is 12.2 Å². The summed E-state index contributed by atoms with van der Waals surface area (Å²) in [6, 6.07) is -0.496. The van der Waals surface area contributed by atoms with Crippen molar-refractivity contribution in [3.63, 3.8) is 0 Å². The average Bonchev–Trinajstić information content (AvgIpc) is 2.98. The van der Waals surface area contributed by atoms with Crippen LogP contribution in [0.5, 0.6) is 0 Å². The van der Waals surface area contributed by atoms with Gasteiger partial charge in [0.05, 0.1) is 19.2 Å². The molecule has 0 saturated carbocycles. The number of rotatable bonds is 1. The zero-order chi connectivity index (χ0) is 12.7. The fraction of sp³-hybridized carbons (Fsp3) is 0.692. The van der Waals surface area contributed by atoms with E-state index in [0.29, 0.717) is 6.42 Å². The summed E-state index contributed by atoms with van der Waals surface area (Å²) in [5.74, 6) is 0.0393. The van der Waals surface area contributed by atoms with Crippen LogP contribution in [0.3, 0.4) is 0 Å². The molecule has 0 aliphatic carbocycles. The Balaban J connectivity index is 1.89. The smallest absolute Gasteiger partial charge is 0.328 e. The van der Waals surface area contributed by atoms with Crippen molar-refractivity contribution >= 4 is 11.9 Å². The monoisotopic (exact) mass is 250 g/mol. The number of carbonyl (C=O) groups is 2. The van der Waals surface area contributed by atoms with Gasteiger partial charge in [0.2, 0.25) is 5.91 Å². The van der Waals surface area contributed by atoms with Gasteiger partial charge >= 0.3 is 5.97 Å². The van der Waals surface area contributed by atoms with E-state index in [4.69, 9.17) is 4.74 Å². The van der Waals surface area contributed by atoms with Crippen molar-refractivity contribution in [2.75, 3.05) is 13.7 Å². The Hall–Kier alpha value is -1.36. The van der Waals surface area contributed by atoms with Crippen LogP contribution in [-0.2, 0) is 14.3 Å². The maximum Gasteiger partial charge on any atom is 0.328 e. The lowest BCUT2D eigenvalue weighted by Gasteiger charge is -2.29. The normalized spacial score (nSPS) is 38.3. The van der Waals surface area contributed by atoms with Gasteiger partial charge in [0, 0.05) is 5.92 Å². The molecule has 0 aromatic carbocycles. The van der Waals surface area contributed by atoms with E-state index >= 15 is 0 Å². The van der Waals surface area contributed by atoms with E-state index < -0.39 is 6.04 Å². The van der Waals surface area contributed by atoms with E-state index in [2.05, 4.69) is 17.5 Å². The van der Waals surface area contributed by atoms with Gasteiger partial charge < -0.3 is 15.0 Å². The Labute approximate surface area is 106 Å². The van der Waals surface area contributed by atoms with Gasteiger partial charge in [-0.05, 0) is 25.8 Å². The van der Waals surface area contributed by atoms with Gasteiger partial charge in [0.1, 0.15) is 6.04 Å².